The third-order valence-electron chi connectivity index (χ3n) is 7.62. The number of carbonyl (C=O) groups excluding carboxylic acids is 1. The number of aromatic amines is 1. The molecule has 0 atom stereocenters. The van der Waals surface area contributed by atoms with Gasteiger partial charge in [0.2, 0.25) is 5.82 Å². The number of carbonyl (C=O) groups is 1. The summed E-state index contributed by atoms with van der Waals surface area (Å²) in [6.45, 7) is 4.71. The average molecular weight is 555 g/mol. The Balaban J connectivity index is 1.05. The van der Waals surface area contributed by atoms with Crippen molar-refractivity contribution >= 4 is 16.9 Å². The predicted molar refractivity (Wildman–Crippen MR) is 139 cm³/mol. The first kappa shape index (κ1) is 26.3. The Kier molecular flexibility index (Phi) is 6.96. The lowest BCUT2D eigenvalue weighted by atomic mass is 9.85. The number of fused-ring (bicyclic) bond motifs is 1. The van der Waals surface area contributed by atoms with Crippen LogP contribution in [0.3, 0.4) is 0 Å². The quantitative estimate of drug-likeness (QED) is 0.358. The number of nitrogens with one attached hydrogen (secondary N) is 2. The Morgan fingerprint density at radius 2 is 1.93 bits per heavy atom. The first-order valence-electron chi connectivity index (χ1n) is 13.3. The molecule has 1 aliphatic carbocycles. The molecule has 0 radical (unpaired) electrons. The molecule has 0 aromatic carbocycles. The normalized spacial score (nSPS) is 20.1. The zero-order valence-corrected chi connectivity index (χ0v) is 21.9. The first-order chi connectivity index (χ1) is 19.3. The standard InChI is InChI=1S/C26H29F3N10O/c1-2-30-13-17-9-21(36-25(35-17)26(27,28)29)24(40)38-7-5-37(6-8-38)18-10-19(11-18)39-14-16(12-34-39)22-20-3-4-31-23(20)33-15-32-22/h3-4,9,12,14-15,18-19,30H,2,5-8,10-11,13H2,1H3,(H,31,32,33). The number of halogens is 3. The molecule has 1 saturated carbocycles. The maximum Gasteiger partial charge on any atom is 0.451 e. The Hall–Kier alpha value is -3.91. The second kappa shape index (κ2) is 10.6. The summed E-state index contributed by atoms with van der Waals surface area (Å²) in [6, 6.07) is 3.95. The van der Waals surface area contributed by atoms with E-state index in [-0.39, 0.29) is 24.0 Å². The number of nitrogens with zero attached hydrogens (tertiary/aromatic N) is 8. The van der Waals surface area contributed by atoms with Crippen LogP contribution in [0.4, 0.5) is 13.2 Å². The number of hydrogen-bond acceptors (Lipinski definition) is 8. The molecule has 5 heterocycles. The van der Waals surface area contributed by atoms with E-state index in [2.05, 4.69) is 40.2 Å². The first-order valence-corrected chi connectivity index (χ1v) is 13.3. The summed E-state index contributed by atoms with van der Waals surface area (Å²) in [6.07, 6.45) is 4.38. The summed E-state index contributed by atoms with van der Waals surface area (Å²) in [7, 11) is 0. The fourth-order valence-corrected chi connectivity index (χ4v) is 5.37. The van der Waals surface area contributed by atoms with Crippen LogP contribution in [0, 0.1) is 0 Å². The second-order valence-corrected chi connectivity index (χ2v) is 10.1. The minimum Gasteiger partial charge on any atom is -0.346 e. The molecular weight excluding hydrogens is 525 g/mol. The van der Waals surface area contributed by atoms with E-state index in [1.165, 1.54) is 12.4 Å². The van der Waals surface area contributed by atoms with Crippen molar-refractivity contribution in [3.8, 4) is 11.3 Å². The highest BCUT2D eigenvalue weighted by Gasteiger charge is 2.39. The van der Waals surface area contributed by atoms with Gasteiger partial charge in [0.15, 0.2) is 0 Å². The maximum absolute atomic E-state index is 13.4. The topological polar surface area (TPSA) is 121 Å². The van der Waals surface area contributed by atoms with Crippen LogP contribution in [-0.4, -0.2) is 89.2 Å². The molecule has 0 spiro atoms. The molecule has 0 bridgehead atoms. The average Bonchev–Trinajstić information content (AvgIpc) is 3.60. The number of aromatic nitrogens is 7. The van der Waals surface area contributed by atoms with E-state index in [9.17, 15) is 18.0 Å². The fourth-order valence-electron chi connectivity index (χ4n) is 5.37. The third-order valence-corrected chi connectivity index (χ3v) is 7.62. The van der Waals surface area contributed by atoms with E-state index in [4.69, 9.17) is 0 Å². The summed E-state index contributed by atoms with van der Waals surface area (Å²) >= 11 is 0. The van der Waals surface area contributed by atoms with Crippen LogP contribution in [0.2, 0.25) is 0 Å². The van der Waals surface area contributed by atoms with Gasteiger partial charge < -0.3 is 15.2 Å². The van der Waals surface area contributed by atoms with Crippen LogP contribution in [0.25, 0.3) is 22.3 Å². The molecule has 14 heteroatoms. The van der Waals surface area contributed by atoms with Crippen LogP contribution in [0.1, 0.15) is 47.8 Å². The number of alkyl halides is 3. The van der Waals surface area contributed by atoms with Gasteiger partial charge in [0.25, 0.3) is 5.91 Å². The smallest absolute Gasteiger partial charge is 0.346 e. The summed E-state index contributed by atoms with van der Waals surface area (Å²) in [5.41, 5.74) is 2.49. The van der Waals surface area contributed by atoms with Crippen LogP contribution in [0.15, 0.2) is 37.1 Å². The van der Waals surface area contributed by atoms with Crippen molar-refractivity contribution in [3.05, 3.63) is 54.3 Å². The lowest BCUT2D eigenvalue weighted by molar-refractivity contribution is -0.145. The van der Waals surface area contributed by atoms with Crippen LogP contribution < -0.4 is 5.32 Å². The number of amides is 1. The van der Waals surface area contributed by atoms with Crippen molar-refractivity contribution in [1.29, 1.82) is 0 Å². The predicted octanol–water partition coefficient (Wildman–Crippen LogP) is 2.90. The van der Waals surface area contributed by atoms with E-state index in [0.717, 1.165) is 35.1 Å². The maximum atomic E-state index is 13.4. The monoisotopic (exact) mass is 554 g/mol. The van der Waals surface area contributed by atoms with Gasteiger partial charge in [-0.25, -0.2) is 19.9 Å². The highest BCUT2D eigenvalue weighted by atomic mass is 19.4. The number of rotatable bonds is 7. The minimum atomic E-state index is -4.73. The molecule has 2 aliphatic rings. The van der Waals surface area contributed by atoms with Crippen molar-refractivity contribution in [1.82, 2.24) is 49.8 Å². The number of hydrogen-bond donors (Lipinski definition) is 2. The van der Waals surface area contributed by atoms with Crippen molar-refractivity contribution in [2.75, 3.05) is 32.7 Å². The van der Waals surface area contributed by atoms with Crippen LogP contribution in [0.5, 0.6) is 0 Å². The molecule has 1 aliphatic heterocycles. The highest BCUT2D eigenvalue weighted by molar-refractivity contribution is 5.92. The Labute approximate surface area is 227 Å². The largest absolute Gasteiger partial charge is 0.451 e. The van der Waals surface area contributed by atoms with Gasteiger partial charge in [0.1, 0.15) is 17.7 Å². The van der Waals surface area contributed by atoms with E-state index in [1.807, 2.05) is 36.3 Å². The molecule has 40 heavy (non-hydrogen) atoms. The third kappa shape index (κ3) is 5.16. The van der Waals surface area contributed by atoms with E-state index in [0.29, 0.717) is 38.8 Å². The number of H-pyrrole nitrogens is 1. The molecule has 1 saturated heterocycles. The molecule has 4 aromatic heterocycles. The molecule has 2 N–H and O–H groups in total. The Bertz CT molecular complexity index is 1500. The van der Waals surface area contributed by atoms with E-state index >= 15 is 0 Å². The number of piperazine rings is 1. The molecule has 11 nitrogen and oxygen atoms in total. The minimum absolute atomic E-state index is 0.131. The highest BCUT2D eigenvalue weighted by Crippen LogP contribution is 2.37. The molecule has 210 valence electrons. The Morgan fingerprint density at radius 1 is 1.12 bits per heavy atom. The van der Waals surface area contributed by atoms with Crippen molar-refractivity contribution < 1.29 is 18.0 Å². The van der Waals surface area contributed by atoms with E-state index < -0.39 is 17.9 Å². The summed E-state index contributed by atoms with van der Waals surface area (Å²) in [5.74, 6) is -1.79. The van der Waals surface area contributed by atoms with Crippen molar-refractivity contribution in [3.63, 3.8) is 0 Å². The molecule has 4 aromatic rings. The Morgan fingerprint density at radius 3 is 2.67 bits per heavy atom. The van der Waals surface area contributed by atoms with Gasteiger partial charge in [0.05, 0.1) is 23.6 Å². The second-order valence-electron chi connectivity index (χ2n) is 10.1. The van der Waals surface area contributed by atoms with Crippen LogP contribution >= 0.6 is 0 Å². The summed E-state index contributed by atoms with van der Waals surface area (Å²) in [5, 5.41) is 8.48. The molecule has 6 rings (SSSR count). The van der Waals surface area contributed by atoms with Gasteiger partial charge in [0, 0.05) is 62.1 Å². The fraction of sp³-hybridized carbons (Fsp3) is 0.462. The van der Waals surface area contributed by atoms with Crippen molar-refractivity contribution in [2.24, 2.45) is 0 Å². The summed E-state index contributed by atoms with van der Waals surface area (Å²) in [4.78, 5) is 36.0. The SMILES string of the molecule is CCNCc1cc(C(=O)N2CCN(C3CC(n4cc(-c5ncnc6[nH]ccc56)cn4)C3)CC2)nc(C(F)(F)F)n1. The molecular formula is C26H29F3N10O. The molecule has 1 amide bonds. The zero-order valence-electron chi connectivity index (χ0n) is 21.9. The van der Waals surface area contributed by atoms with Gasteiger partial charge in [-0.1, -0.05) is 6.92 Å². The van der Waals surface area contributed by atoms with Gasteiger partial charge in [-0.3, -0.25) is 14.4 Å². The molecule has 0 unspecified atom stereocenters. The summed E-state index contributed by atoms with van der Waals surface area (Å²) < 4.78 is 42.1. The van der Waals surface area contributed by atoms with Gasteiger partial charge in [-0.05, 0) is 31.5 Å². The van der Waals surface area contributed by atoms with Gasteiger partial charge >= 0.3 is 6.18 Å². The zero-order chi connectivity index (χ0) is 27.9. The molecule has 2 fully saturated rings. The van der Waals surface area contributed by atoms with Gasteiger partial charge in [-0.15, -0.1) is 0 Å². The van der Waals surface area contributed by atoms with Crippen molar-refractivity contribution in [2.45, 2.75) is 44.6 Å². The van der Waals surface area contributed by atoms with Gasteiger partial charge in [-0.2, -0.15) is 18.3 Å². The lowest BCUT2D eigenvalue weighted by Gasteiger charge is -2.46. The van der Waals surface area contributed by atoms with E-state index in [1.54, 1.807) is 4.90 Å². The van der Waals surface area contributed by atoms with Crippen LogP contribution in [-0.2, 0) is 12.7 Å². The lowest BCUT2D eigenvalue weighted by Crippen LogP contribution is -2.55.